The smallest absolute Gasteiger partial charge is 0.260 e. The lowest BCUT2D eigenvalue weighted by molar-refractivity contribution is 0.0566. The normalized spacial score (nSPS) is 22.4. The molecular weight excluding hydrogens is 281 g/mol. The number of carbonyl (C=O) groups excluding carboxylic acids is 1. The highest BCUT2D eigenvalue weighted by atomic mass is 19.1. The van der Waals surface area contributed by atoms with E-state index in [1.807, 2.05) is 13.8 Å². The van der Waals surface area contributed by atoms with Crippen LogP contribution in [0.2, 0.25) is 0 Å². The second-order valence-corrected chi connectivity index (χ2v) is 5.28. The molecule has 21 heavy (non-hydrogen) atoms. The van der Waals surface area contributed by atoms with Gasteiger partial charge in [-0.2, -0.15) is 0 Å². The molecule has 2 rings (SSSR count). The van der Waals surface area contributed by atoms with Gasteiger partial charge in [-0.25, -0.2) is 13.2 Å². The molecule has 1 saturated heterocycles. The van der Waals surface area contributed by atoms with Crippen LogP contribution in [0.25, 0.3) is 0 Å². The lowest BCUT2D eigenvalue weighted by Gasteiger charge is -2.40. The summed E-state index contributed by atoms with van der Waals surface area (Å²) in [7, 11) is 0. The predicted molar refractivity (Wildman–Crippen MR) is 73.5 cm³/mol. The molecule has 116 valence electrons. The number of piperazine rings is 1. The fourth-order valence-corrected chi connectivity index (χ4v) is 2.64. The van der Waals surface area contributed by atoms with Crippen LogP contribution >= 0.6 is 0 Å². The highest BCUT2D eigenvalue weighted by molar-refractivity contribution is 5.95. The first-order valence-corrected chi connectivity index (χ1v) is 7.16. The van der Waals surface area contributed by atoms with Crippen molar-refractivity contribution in [3.05, 3.63) is 35.1 Å². The van der Waals surface area contributed by atoms with Crippen molar-refractivity contribution in [1.82, 2.24) is 10.2 Å². The van der Waals surface area contributed by atoms with Crippen LogP contribution in [0.3, 0.4) is 0 Å². The number of rotatable bonds is 3. The van der Waals surface area contributed by atoms with Crippen molar-refractivity contribution >= 4 is 5.91 Å². The Morgan fingerprint density at radius 1 is 1.24 bits per heavy atom. The molecular formula is C15H19F3N2O. The van der Waals surface area contributed by atoms with Gasteiger partial charge in [-0.1, -0.05) is 13.8 Å². The van der Waals surface area contributed by atoms with Crippen molar-refractivity contribution in [2.45, 2.75) is 38.8 Å². The maximum absolute atomic E-state index is 13.8. The van der Waals surface area contributed by atoms with Gasteiger partial charge in [-0.15, -0.1) is 0 Å². The molecule has 1 fully saturated rings. The third kappa shape index (κ3) is 3.20. The van der Waals surface area contributed by atoms with Gasteiger partial charge in [0, 0.05) is 37.3 Å². The summed E-state index contributed by atoms with van der Waals surface area (Å²) in [5.74, 6) is -4.05. The second-order valence-electron chi connectivity index (χ2n) is 5.28. The Bertz CT molecular complexity index is 513. The molecule has 0 spiro atoms. The van der Waals surface area contributed by atoms with Crippen molar-refractivity contribution in [3.8, 4) is 0 Å². The molecule has 3 nitrogen and oxygen atoms in total. The Morgan fingerprint density at radius 2 is 1.86 bits per heavy atom. The molecule has 2 unspecified atom stereocenters. The quantitative estimate of drug-likeness (QED) is 0.931. The Labute approximate surface area is 122 Å². The van der Waals surface area contributed by atoms with Gasteiger partial charge in [0.1, 0.15) is 23.0 Å². The minimum Gasteiger partial charge on any atom is -0.333 e. The van der Waals surface area contributed by atoms with Crippen molar-refractivity contribution < 1.29 is 18.0 Å². The molecule has 1 amide bonds. The van der Waals surface area contributed by atoms with E-state index in [2.05, 4.69) is 5.32 Å². The lowest BCUT2D eigenvalue weighted by atomic mass is 10.0. The molecule has 1 N–H and O–H groups in total. The van der Waals surface area contributed by atoms with Gasteiger partial charge in [-0.05, 0) is 12.8 Å². The van der Waals surface area contributed by atoms with Gasteiger partial charge in [0.15, 0.2) is 0 Å². The third-order valence-electron chi connectivity index (χ3n) is 3.95. The molecule has 1 aliphatic heterocycles. The number of hydrogen-bond donors (Lipinski definition) is 1. The van der Waals surface area contributed by atoms with E-state index in [4.69, 9.17) is 0 Å². The van der Waals surface area contributed by atoms with Crippen LogP contribution in [-0.2, 0) is 0 Å². The monoisotopic (exact) mass is 300 g/mol. The second kappa shape index (κ2) is 6.47. The van der Waals surface area contributed by atoms with Crippen LogP contribution in [0.15, 0.2) is 12.1 Å². The number of nitrogens with one attached hydrogen (secondary N) is 1. The van der Waals surface area contributed by atoms with Crippen LogP contribution < -0.4 is 5.32 Å². The average Bonchev–Trinajstić information content (AvgIpc) is 2.45. The van der Waals surface area contributed by atoms with E-state index in [-0.39, 0.29) is 12.1 Å². The van der Waals surface area contributed by atoms with Gasteiger partial charge >= 0.3 is 0 Å². The standard InChI is InChI=1S/C15H19F3N2O/c1-3-10-8-20(11(4-2)7-19-10)15(21)14-12(17)5-9(16)6-13(14)18/h5-6,10-11,19H,3-4,7-8H2,1-2H3. The van der Waals surface area contributed by atoms with Gasteiger partial charge in [-0.3, -0.25) is 4.79 Å². The molecule has 1 aromatic carbocycles. The molecule has 6 heteroatoms. The van der Waals surface area contributed by atoms with Crippen LogP contribution in [0.5, 0.6) is 0 Å². The minimum atomic E-state index is -1.15. The predicted octanol–water partition coefficient (Wildman–Crippen LogP) is 2.71. The van der Waals surface area contributed by atoms with Gasteiger partial charge < -0.3 is 10.2 Å². The molecule has 0 aliphatic carbocycles. The molecule has 1 aromatic rings. The van der Waals surface area contributed by atoms with Crippen molar-refractivity contribution in [1.29, 1.82) is 0 Å². The molecule has 1 heterocycles. The SMILES string of the molecule is CCC1CN(C(=O)c2c(F)cc(F)cc2F)C(CC)CN1. The number of halogens is 3. The average molecular weight is 300 g/mol. The first-order valence-electron chi connectivity index (χ1n) is 7.16. The van der Waals surface area contributed by atoms with E-state index < -0.39 is 28.9 Å². The van der Waals surface area contributed by atoms with Crippen molar-refractivity contribution in [2.75, 3.05) is 13.1 Å². The molecule has 0 saturated carbocycles. The molecule has 0 radical (unpaired) electrons. The maximum atomic E-state index is 13.8. The zero-order valence-electron chi connectivity index (χ0n) is 12.1. The van der Waals surface area contributed by atoms with Crippen LogP contribution in [-0.4, -0.2) is 36.0 Å². The molecule has 2 atom stereocenters. The molecule has 1 aliphatic rings. The van der Waals surface area contributed by atoms with Crippen LogP contribution in [0, 0.1) is 17.5 Å². The summed E-state index contributed by atoms with van der Waals surface area (Å²) in [6, 6.07) is 1.06. The summed E-state index contributed by atoms with van der Waals surface area (Å²) in [6.07, 6.45) is 1.49. The van der Waals surface area contributed by atoms with E-state index in [0.717, 1.165) is 6.42 Å². The van der Waals surface area contributed by atoms with Crippen LogP contribution in [0.1, 0.15) is 37.0 Å². The van der Waals surface area contributed by atoms with E-state index in [0.29, 0.717) is 31.6 Å². The first-order chi connectivity index (χ1) is 9.97. The number of hydrogen-bond acceptors (Lipinski definition) is 2. The van der Waals surface area contributed by atoms with E-state index in [9.17, 15) is 18.0 Å². The zero-order valence-corrected chi connectivity index (χ0v) is 12.1. The molecule has 0 aromatic heterocycles. The Morgan fingerprint density at radius 3 is 2.38 bits per heavy atom. The van der Waals surface area contributed by atoms with E-state index >= 15 is 0 Å². The fourth-order valence-electron chi connectivity index (χ4n) is 2.64. The topological polar surface area (TPSA) is 32.3 Å². The lowest BCUT2D eigenvalue weighted by Crippen LogP contribution is -2.58. The zero-order chi connectivity index (χ0) is 15.6. The summed E-state index contributed by atoms with van der Waals surface area (Å²) in [4.78, 5) is 14.0. The van der Waals surface area contributed by atoms with Crippen LogP contribution in [0.4, 0.5) is 13.2 Å². The Hall–Kier alpha value is -1.56. The van der Waals surface area contributed by atoms with Crippen molar-refractivity contribution in [2.24, 2.45) is 0 Å². The maximum Gasteiger partial charge on any atom is 0.260 e. The van der Waals surface area contributed by atoms with Crippen molar-refractivity contribution in [3.63, 3.8) is 0 Å². The number of nitrogens with zero attached hydrogens (tertiary/aromatic N) is 1. The summed E-state index contributed by atoms with van der Waals surface area (Å²) in [6.45, 7) is 4.87. The largest absolute Gasteiger partial charge is 0.333 e. The van der Waals surface area contributed by atoms with Gasteiger partial charge in [0.25, 0.3) is 5.91 Å². The van der Waals surface area contributed by atoms with E-state index in [1.54, 1.807) is 0 Å². The Balaban J connectivity index is 2.33. The highest BCUT2D eigenvalue weighted by Gasteiger charge is 2.33. The number of carbonyl (C=O) groups is 1. The van der Waals surface area contributed by atoms with E-state index in [1.165, 1.54) is 4.90 Å². The number of benzene rings is 1. The fraction of sp³-hybridized carbons (Fsp3) is 0.533. The highest BCUT2D eigenvalue weighted by Crippen LogP contribution is 2.21. The Kier molecular flexibility index (Phi) is 4.88. The minimum absolute atomic E-state index is 0.100. The van der Waals surface area contributed by atoms with Gasteiger partial charge in [0.05, 0.1) is 0 Å². The summed E-state index contributed by atoms with van der Waals surface area (Å²) < 4.78 is 40.5. The summed E-state index contributed by atoms with van der Waals surface area (Å²) in [5.41, 5.74) is -0.674. The summed E-state index contributed by atoms with van der Waals surface area (Å²) >= 11 is 0. The first kappa shape index (κ1) is 15.8. The summed E-state index contributed by atoms with van der Waals surface area (Å²) in [5, 5.41) is 3.30. The molecule has 0 bridgehead atoms. The number of amides is 1. The van der Waals surface area contributed by atoms with Gasteiger partial charge in [0.2, 0.25) is 0 Å². The third-order valence-corrected chi connectivity index (χ3v) is 3.95.